The zero-order valence-corrected chi connectivity index (χ0v) is 28.7. The van der Waals surface area contributed by atoms with Crippen molar-refractivity contribution in [2.24, 2.45) is 11.8 Å². The number of carbonyl (C=O) groups is 4. The van der Waals surface area contributed by atoms with Crippen molar-refractivity contribution in [2.75, 3.05) is 27.4 Å². The van der Waals surface area contributed by atoms with E-state index in [1.807, 2.05) is 0 Å². The van der Waals surface area contributed by atoms with Crippen molar-refractivity contribution in [1.29, 1.82) is 0 Å². The number of carbonyl (C=O) groups excluding carboxylic acids is 2. The van der Waals surface area contributed by atoms with Gasteiger partial charge < -0.3 is 29.2 Å². The molecule has 0 aliphatic rings. The summed E-state index contributed by atoms with van der Waals surface area (Å²) in [5.74, 6) is -2.56. The molecule has 0 spiro atoms. The van der Waals surface area contributed by atoms with Crippen molar-refractivity contribution in [1.82, 2.24) is 0 Å². The predicted octanol–water partition coefficient (Wildman–Crippen LogP) is 7.98. The van der Waals surface area contributed by atoms with Crippen molar-refractivity contribution in [3.05, 3.63) is 43.5 Å². The summed E-state index contributed by atoms with van der Waals surface area (Å²) in [5.41, 5.74) is 0. The number of rotatable bonds is 16. The second kappa shape index (κ2) is 14.8. The van der Waals surface area contributed by atoms with Crippen LogP contribution in [0.15, 0.2) is 28.7 Å². The molecule has 2 heterocycles. The summed E-state index contributed by atoms with van der Waals surface area (Å²) in [7, 11) is 3.00. The normalized spacial score (nSPS) is 12.6. The summed E-state index contributed by atoms with van der Waals surface area (Å²) in [6.07, 6.45) is 0.234. The van der Waals surface area contributed by atoms with Gasteiger partial charge in [-0.1, -0.05) is 25.4 Å². The molecule has 45 heavy (non-hydrogen) atoms. The van der Waals surface area contributed by atoms with Crippen LogP contribution in [0.25, 0.3) is 20.2 Å². The summed E-state index contributed by atoms with van der Waals surface area (Å²) in [6, 6.07) is 6.87. The molecule has 4 aromatic rings. The van der Waals surface area contributed by atoms with Crippen LogP contribution in [0, 0.1) is 11.8 Å². The number of benzene rings is 2. The number of ether oxygens (including phenoxy) is 4. The Morgan fingerprint density at radius 3 is 1.71 bits per heavy atom. The fourth-order valence-corrected chi connectivity index (χ4v) is 7.61. The minimum Gasteiger partial charge on any atom is -0.493 e. The van der Waals surface area contributed by atoms with Gasteiger partial charge in [0.2, 0.25) is 0 Å². The summed E-state index contributed by atoms with van der Waals surface area (Å²) >= 11 is 12.7. The van der Waals surface area contributed by atoms with Crippen LogP contribution in [-0.2, 0) is 9.59 Å². The second-order valence-electron chi connectivity index (χ2n) is 10.3. The number of fused-ring (bicyclic) bond motifs is 2. The summed E-state index contributed by atoms with van der Waals surface area (Å²) in [4.78, 5) is 48.5. The second-order valence-corrected chi connectivity index (χ2v) is 13.6. The van der Waals surface area contributed by atoms with Crippen molar-refractivity contribution < 1.29 is 48.3 Å². The first-order valence-electron chi connectivity index (χ1n) is 13.7. The third-order valence-electron chi connectivity index (χ3n) is 6.96. The van der Waals surface area contributed by atoms with Crippen LogP contribution in [0.4, 0.5) is 0 Å². The first-order chi connectivity index (χ1) is 21.4. The minimum absolute atomic E-state index is 0.0975. The number of carboxylic acid groups (broad SMARTS) is 2. The maximum Gasteiger partial charge on any atom is 0.306 e. The lowest BCUT2D eigenvalue weighted by Gasteiger charge is -2.15. The van der Waals surface area contributed by atoms with Gasteiger partial charge in [-0.2, -0.15) is 0 Å². The van der Waals surface area contributed by atoms with Crippen LogP contribution in [-0.4, -0.2) is 61.2 Å². The maximum absolute atomic E-state index is 12.7. The van der Waals surface area contributed by atoms with Gasteiger partial charge in [0.05, 0.1) is 58.5 Å². The Morgan fingerprint density at radius 1 is 0.778 bits per heavy atom. The van der Waals surface area contributed by atoms with Gasteiger partial charge in [0.15, 0.2) is 34.6 Å². The Labute approximate surface area is 279 Å². The van der Waals surface area contributed by atoms with Gasteiger partial charge in [-0.05, 0) is 28.1 Å². The third-order valence-corrected chi connectivity index (χ3v) is 10.4. The lowest BCUT2D eigenvalue weighted by atomic mass is 10.0. The number of hydrogen-bond donors (Lipinski definition) is 2. The fraction of sp³-hybridized carbons (Fsp3) is 0.355. The van der Waals surface area contributed by atoms with Gasteiger partial charge in [-0.3, -0.25) is 19.2 Å². The van der Waals surface area contributed by atoms with Crippen molar-refractivity contribution in [3.63, 3.8) is 0 Å². The molecule has 0 fully saturated rings. The fourth-order valence-electron chi connectivity index (χ4n) is 4.38. The highest BCUT2D eigenvalue weighted by molar-refractivity contribution is 9.10. The van der Waals surface area contributed by atoms with E-state index in [0.29, 0.717) is 53.7 Å². The van der Waals surface area contributed by atoms with Crippen LogP contribution in [0.2, 0.25) is 5.02 Å². The molecule has 240 valence electrons. The molecular weight excluding hydrogens is 712 g/mol. The molecule has 0 aliphatic carbocycles. The number of Topliss-reactive ketones (excluding diaryl/α,β-unsaturated/α-hetero) is 2. The zero-order valence-electron chi connectivity index (χ0n) is 24.7. The summed E-state index contributed by atoms with van der Waals surface area (Å²) in [5, 5.41) is 19.9. The number of halogens is 2. The molecule has 2 N–H and O–H groups in total. The Bertz CT molecular complexity index is 1650. The van der Waals surface area contributed by atoms with E-state index >= 15 is 0 Å². The van der Waals surface area contributed by atoms with Crippen LogP contribution < -0.4 is 18.9 Å². The third kappa shape index (κ3) is 7.71. The van der Waals surface area contributed by atoms with E-state index in [1.54, 1.807) is 24.3 Å². The minimum atomic E-state index is -1.04. The highest BCUT2D eigenvalue weighted by Crippen LogP contribution is 2.46. The van der Waals surface area contributed by atoms with Crippen molar-refractivity contribution in [2.45, 2.75) is 33.1 Å². The first-order valence-corrected chi connectivity index (χ1v) is 16.5. The van der Waals surface area contributed by atoms with E-state index in [2.05, 4.69) is 15.9 Å². The van der Waals surface area contributed by atoms with Gasteiger partial charge in [0.25, 0.3) is 0 Å². The van der Waals surface area contributed by atoms with E-state index in [1.165, 1.54) is 50.7 Å². The molecule has 0 aliphatic heterocycles. The molecule has 2 aromatic heterocycles. The van der Waals surface area contributed by atoms with Crippen LogP contribution in [0.1, 0.15) is 52.5 Å². The molecular formula is C31H30BrClO10S2. The average molecular weight is 742 g/mol. The molecule has 10 nitrogen and oxygen atoms in total. The summed E-state index contributed by atoms with van der Waals surface area (Å²) in [6.45, 7) is 3.45. The molecule has 0 amide bonds. The lowest BCUT2D eigenvalue weighted by Crippen LogP contribution is -2.13. The zero-order chi connectivity index (χ0) is 33.0. The smallest absolute Gasteiger partial charge is 0.306 e. The highest BCUT2D eigenvalue weighted by atomic mass is 79.9. The molecule has 0 saturated heterocycles. The Hall–Kier alpha value is -3.39. The van der Waals surface area contributed by atoms with Gasteiger partial charge >= 0.3 is 11.9 Å². The molecule has 2 unspecified atom stereocenters. The highest BCUT2D eigenvalue weighted by Gasteiger charge is 2.24. The molecule has 4 rings (SSSR count). The largest absolute Gasteiger partial charge is 0.493 e. The molecule has 0 bridgehead atoms. The van der Waals surface area contributed by atoms with Crippen LogP contribution >= 0.6 is 50.2 Å². The number of ketones is 2. The van der Waals surface area contributed by atoms with E-state index in [-0.39, 0.29) is 42.6 Å². The topological polar surface area (TPSA) is 146 Å². The Morgan fingerprint density at radius 2 is 1.22 bits per heavy atom. The average Bonchev–Trinajstić information content (AvgIpc) is 3.63. The quantitative estimate of drug-likeness (QED) is 0.0856. The number of carboxylic acids is 2. The van der Waals surface area contributed by atoms with Crippen LogP contribution in [0.3, 0.4) is 0 Å². The monoisotopic (exact) mass is 740 g/mol. The van der Waals surface area contributed by atoms with Gasteiger partial charge in [-0.25, -0.2) is 0 Å². The van der Waals surface area contributed by atoms with E-state index in [4.69, 9.17) is 40.8 Å². The molecule has 14 heteroatoms. The first kappa shape index (κ1) is 34.5. The molecule has 0 saturated carbocycles. The molecule has 2 atom stereocenters. The van der Waals surface area contributed by atoms with Crippen molar-refractivity contribution >= 4 is 93.9 Å². The standard InChI is InChI=1S/C31H30BrClO10S2/c1-14(30(36)37)8-18(34)24-10-16-22(44-24)12-20(40-3)28(26(16)32)42-6-5-7-43-29-21(41-4)13-23-17(27(29)33)11-25(45-23)19(35)9-15(2)31(38)39/h10-15H,5-9H2,1-4H3,(H,36,37)(H,38,39). The maximum atomic E-state index is 12.7. The van der Waals surface area contributed by atoms with Gasteiger partial charge in [-0.15, -0.1) is 22.7 Å². The van der Waals surface area contributed by atoms with Crippen molar-refractivity contribution in [3.8, 4) is 23.0 Å². The number of thiophene rings is 2. The van der Waals surface area contributed by atoms with Crippen LogP contribution in [0.5, 0.6) is 23.0 Å². The van der Waals surface area contributed by atoms with Gasteiger partial charge in [0.1, 0.15) is 0 Å². The van der Waals surface area contributed by atoms with Gasteiger partial charge in [0, 0.05) is 51.6 Å². The lowest BCUT2D eigenvalue weighted by molar-refractivity contribution is -0.141. The SMILES string of the molecule is COc1cc2sc(C(=O)CC(C)C(=O)O)cc2c(Cl)c1OCCCOc1c(OC)cc2sc(C(=O)CC(C)C(=O)O)cc2c1Br. The molecule has 0 radical (unpaired) electrons. The molecule has 2 aromatic carbocycles. The number of hydrogen-bond acceptors (Lipinski definition) is 10. The predicted molar refractivity (Wildman–Crippen MR) is 177 cm³/mol. The Balaban J connectivity index is 1.44. The number of aliphatic carboxylic acids is 2. The summed E-state index contributed by atoms with van der Waals surface area (Å²) < 4.78 is 25.2. The Kier molecular flexibility index (Phi) is 11.3. The number of methoxy groups -OCH3 is 2. The van der Waals surface area contributed by atoms with E-state index in [9.17, 15) is 19.2 Å². The van der Waals surface area contributed by atoms with E-state index < -0.39 is 23.8 Å². The van der Waals surface area contributed by atoms with E-state index in [0.717, 1.165) is 10.1 Å².